The van der Waals surface area contributed by atoms with E-state index in [2.05, 4.69) is 9.97 Å². The molecule has 0 saturated carbocycles. The van der Waals surface area contributed by atoms with Crippen molar-refractivity contribution >= 4 is 7.82 Å². The zero-order valence-electron chi connectivity index (χ0n) is 10.5. The zero-order valence-corrected chi connectivity index (χ0v) is 11.4. The molecule has 0 aliphatic rings. The largest absolute Gasteiger partial charge is 0.531 e. The predicted molar refractivity (Wildman–Crippen MR) is 63.0 cm³/mol. The van der Waals surface area contributed by atoms with Gasteiger partial charge in [-0.1, -0.05) is 0 Å². The summed E-state index contributed by atoms with van der Waals surface area (Å²) in [5, 5.41) is 0. The fourth-order valence-electron chi connectivity index (χ4n) is 1.25. The molecule has 1 heterocycles. The van der Waals surface area contributed by atoms with Crippen molar-refractivity contribution in [1.29, 1.82) is 0 Å². The summed E-state index contributed by atoms with van der Waals surface area (Å²) in [6.45, 7) is 7.43. The van der Waals surface area contributed by atoms with E-state index in [1.54, 1.807) is 33.8 Å². The molecule has 96 valence electrons. The van der Waals surface area contributed by atoms with Crippen LogP contribution in [0.4, 0.5) is 0 Å². The van der Waals surface area contributed by atoms with Gasteiger partial charge in [0.1, 0.15) is 5.82 Å². The molecule has 1 aromatic rings. The average molecular weight is 260 g/mol. The van der Waals surface area contributed by atoms with Crippen molar-refractivity contribution < 1.29 is 18.1 Å². The normalized spacial score (nSPS) is 11.5. The van der Waals surface area contributed by atoms with Crippen LogP contribution in [0.2, 0.25) is 0 Å². The predicted octanol–water partition coefficient (Wildman–Crippen LogP) is 2.65. The maximum atomic E-state index is 12.1. The lowest BCUT2D eigenvalue weighted by Gasteiger charge is -2.16. The number of hydrogen-bond donors (Lipinski definition) is 0. The Balaban J connectivity index is 2.89. The van der Waals surface area contributed by atoms with Crippen molar-refractivity contribution in [3.63, 3.8) is 0 Å². The first-order valence-corrected chi connectivity index (χ1v) is 6.86. The Morgan fingerprint density at radius 2 is 1.76 bits per heavy atom. The van der Waals surface area contributed by atoms with Crippen LogP contribution in [0.1, 0.15) is 25.4 Å². The Hall–Kier alpha value is -0.970. The van der Waals surface area contributed by atoms with Crippen LogP contribution in [-0.4, -0.2) is 23.2 Å². The quantitative estimate of drug-likeness (QED) is 0.732. The highest BCUT2D eigenvalue weighted by Crippen LogP contribution is 2.48. The van der Waals surface area contributed by atoms with Crippen molar-refractivity contribution in [2.24, 2.45) is 0 Å². The second kappa shape index (κ2) is 6.10. The van der Waals surface area contributed by atoms with Crippen LogP contribution < -0.4 is 4.52 Å². The number of nitrogens with zero attached hydrogens (tertiary/aromatic N) is 2. The van der Waals surface area contributed by atoms with Gasteiger partial charge in [0, 0.05) is 11.8 Å². The highest BCUT2D eigenvalue weighted by molar-refractivity contribution is 7.48. The molecule has 6 nitrogen and oxygen atoms in total. The van der Waals surface area contributed by atoms with E-state index in [0.29, 0.717) is 5.82 Å². The summed E-state index contributed by atoms with van der Waals surface area (Å²) in [7, 11) is -3.57. The maximum absolute atomic E-state index is 12.1. The van der Waals surface area contributed by atoms with Gasteiger partial charge in [-0.3, -0.25) is 9.05 Å². The fraction of sp³-hybridized carbons (Fsp3) is 0.600. The molecule has 0 atom stereocenters. The average Bonchev–Trinajstić information content (AvgIpc) is 2.15. The smallest absolute Gasteiger partial charge is 0.385 e. The minimum atomic E-state index is -3.57. The lowest BCUT2D eigenvalue weighted by atomic mass is 10.4. The fourth-order valence-corrected chi connectivity index (χ4v) is 2.39. The van der Waals surface area contributed by atoms with Gasteiger partial charge in [0.15, 0.2) is 0 Å². The van der Waals surface area contributed by atoms with E-state index in [9.17, 15) is 4.57 Å². The van der Waals surface area contributed by atoms with Crippen molar-refractivity contribution in [3.05, 3.63) is 17.6 Å². The SMILES string of the molecule is CCOP(=O)(OCC)Oc1cc(C)nc(C)n1. The van der Waals surface area contributed by atoms with Crippen LogP contribution in [-0.2, 0) is 13.6 Å². The van der Waals surface area contributed by atoms with Gasteiger partial charge in [-0.05, 0) is 27.7 Å². The van der Waals surface area contributed by atoms with Crippen molar-refractivity contribution in [2.45, 2.75) is 27.7 Å². The second-order valence-electron chi connectivity index (χ2n) is 3.27. The molecule has 0 fully saturated rings. The molecule has 17 heavy (non-hydrogen) atoms. The second-order valence-corrected chi connectivity index (χ2v) is 4.86. The number of aromatic nitrogens is 2. The summed E-state index contributed by atoms with van der Waals surface area (Å²) >= 11 is 0. The molecule has 0 radical (unpaired) electrons. The maximum Gasteiger partial charge on any atom is 0.531 e. The van der Waals surface area contributed by atoms with E-state index in [4.69, 9.17) is 13.6 Å². The van der Waals surface area contributed by atoms with Crippen LogP contribution in [0.25, 0.3) is 0 Å². The van der Waals surface area contributed by atoms with Gasteiger partial charge in [0.25, 0.3) is 0 Å². The molecule has 0 amide bonds. The molecule has 7 heteroatoms. The van der Waals surface area contributed by atoms with Crippen LogP contribution >= 0.6 is 7.82 Å². The first-order chi connectivity index (χ1) is 7.99. The molecule has 0 bridgehead atoms. The van der Waals surface area contributed by atoms with Gasteiger partial charge < -0.3 is 4.52 Å². The van der Waals surface area contributed by atoms with E-state index in [1.165, 1.54) is 0 Å². The Morgan fingerprint density at radius 3 is 2.24 bits per heavy atom. The van der Waals surface area contributed by atoms with Crippen LogP contribution in [0.15, 0.2) is 6.07 Å². The summed E-state index contributed by atoms with van der Waals surface area (Å²) in [6, 6.07) is 1.58. The lowest BCUT2D eigenvalue weighted by Crippen LogP contribution is -2.04. The third-order valence-electron chi connectivity index (χ3n) is 1.72. The first kappa shape index (κ1) is 14.1. The number of aryl methyl sites for hydroxylation is 2. The Morgan fingerprint density at radius 1 is 1.18 bits per heavy atom. The number of rotatable bonds is 6. The molecular weight excluding hydrogens is 243 g/mol. The minimum absolute atomic E-state index is 0.195. The molecule has 0 saturated heterocycles. The van der Waals surface area contributed by atoms with Gasteiger partial charge in [0.2, 0.25) is 5.88 Å². The summed E-state index contributed by atoms with van der Waals surface area (Å²) in [6.07, 6.45) is 0. The zero-order chi connectivity index (χ0) is 12.9. The molecule has 0 aliphatic carbocycles. The van der Waals surface area contributed by atoms with E-state index in [-0.39, 0.29) is 19.1 Å². The Bertz CT molecular complexity index is 395. The summed E-state index contributed by atoms with van der Waals surface area (Å²) < 4.78 is 27.3. The molecule has 0 N–H and O–H groups in total. The molecule has 1 aromatic heterocycles. The molecular formula is C10H17N2O4P. The first-order valence-electron chi connectivity index (χ1n) is 5.40. The Kier molecular flexibility index (Phi) is 5.05. The number of hydrogen-bond acceptors (Lipinski definition) is 6. The highest BCUT2D eigenvalue weighted by Gasteiger charge is 2.28. The van der Waals surface area contributed by atoms with Crippen molar-refractivity contribution in [1.82, 2.24) is 9.97 Å². The standard InChI is InChI=1S/C10H17N2O4P/c1-5-14-17(13,15-6-2)16-10-7-8(3)11-9(4)12-10/h7H,5-6H2,1-4H3. The van der Waals surface area contributed by atoms with Crippen LogP contribution in [0.3, 0.4) is 0 Å². The third kappa shape index (κ3) is 4.42. The van der Waals surface area contributed by atoms with Gasteiger partial charge in [0.05, 0.1) is 13.2 Å². The minimum Gasteiger partial charge on any atom is -0.385 e. The summed E-state index contributed by atoms with van der Waals surface area (Å²) in [5.41, 5.74) is 0.729. The number of phosphoric acid groups is 1. The topological polar surface area (TPSA) is 70.5 Å². The molecule has 0 unspecified atom stereocenters. The molecule has 0 spiro atoms. The third-order valence-corrected chi connectivity index (χ3v) is 3.28. The summed E-state index contributed by atoms with van der Waals surface area (Å²) in [5.74, 6) is 0.736. The van der Waals surface area contributed by atoms with Gasteiger partial charge >= 0.3 is 7.82 Å². The molecule has 0 aromatic carbocycles. The van der Waals surface area contributed by atoms with E-state index in [1.807, 2.05) is 0 Å². The van der Waals surface area contributed by atoms with Gasteiger partial charge in [-0.15, -0.1) is 0 Å². The van der Waals surface area contributed by atoms with Gasteiger partial charge in [-0.2, -0.15) is 4.98 Å². The Labute approximate surface area is 101 Å². The van der Waals surface area contributed by atoms with Crippen molar-refractivity contribution in [2.75, 3.05) is 13.2 Å². The van der Waals surface area contributed by atoms with E-state index >= 15 is 0 Å². The van der Waals surface area contributed by atoms with Crippen LogP contribution in [0, 0.1) is 13.8 Å². The van der Waals surface area contributed by atoms with E-state index in [0.717, 1.165) is 5.69 Å². The summed E-state index contributed by atoms with van der Waals surface area (Å²) in [4.78, 5) is 8.11. The molecule has 0 aliphatic heterocycles. The number of phosphoric ester groups is 1. The molecule has 1 rings (SSSR count). The highest BCUT2D eigenvalue weighted by atomic mass is 31.2. The van der Waals surface area contributed by atoms with Gasteiger partial charge in [-0.25, -0.2) is 9.55 Å². The van der Waals surface area contributed by atoms with Crippen molar-refractivity contribution in [3.8, 4) is 5.88 Å². The van der Waals surface area contributed by atoms with E-state index < -0.39 is 7.82 Å². The monoisotopic (exact) mass is 260 g/mol. The lowest BCUT2D eigenvalue weighted by molar-refractivity contribution is 0.165. The van der Waals surface area contributed by atoms with Crippen LogP contribution in [0.5, 0.6) is 5.88 Å².